The van der Waals surface area contributed by atoms with Gasteiger partial charge in [0.15, 0.2) is 0 Å². The molecule has 0 bridgehead atoms. The summed E-state index contributed by atoms with van der Waals surface area (Å²) in [6.45, 7) is 13.1. The van der Waals surface area contributed by atoms with Crippen LogP contribution in [0.4, 0.5) is 0 Å². The fraction of sp³-hybridized carbons (Fsp3) is 0.750. The van der Waals surface area contributed by atoms with Crippen LogP contribution in [0.15, 0.2) is 12.3 Å². The van der Waals surface area contributed by atoms with Gasteiger partial charge < -0.3 is 4.90 Å². The average molecular weight is 209 g/mol. The highest BCUT2D eigenvalue weighted by Gasteiger charge is 2.04. The maximum absolute atomic E-state index is 4.54. The summed E-state index contributed by atoms with van der Waals surface area (Å²) in [7, 11) is 0. The molecule has 0 fully saturated rings. The van der Waals surface area contributed by atoms with Crippen LogP contribution in [-0.2, 0) is 6.54 Å². The molecule has 0 N–H and O–H groups in total. The standard InChI is InChI=1S/C12H23N3/c1-5-14(6-2)9-10-15-8-7-12(13-15)11(3)4/h7-8,11H,5-6,9-10H2,1-4H3. The number of nitrogens with zero attached hydrogens (tertiary/aromatic N) is 3. The van der Waals surface area contributed by atoms with E-state index in [0.29, 0.717) is 5.92 Å². The molecule has 1 aromatic heterocycles. The molecule has 0 unspecified atom stereocenters. The first kappa shape index (κ1) is 12.2. The maximum Gasteiger partial charge on any atom is 0.0649 e. The monoisotopic (exact) mass is 209 g/mol. The third kappa shape index (κ3) is 3.67. The molecular weight excluding hydrogens is 186 g/mol. The Morgan fingerprint density at radius 3 is 2.47 bits per heavy atom. The summed E-state index contributed by atoms with van der Waals surface area (Å²) >= 11 is 0. The Hall–Kier alpha value is -0.830. The molecule has 0 saturated carbocycles. The molecule has 0 atom stereocenters. The Bertz CT molecular complexity index is 274. The van der Waals surface area contributed by atoms with Crippen molar-refractivity contribution in [1.82, 2.24) is 14.7 Å². The van der Waals surface area contributed by atoms with E-state index in [1.54, 1.807) is 0 Å². The van der Waals surface area contributed by atoms with Gasteiger partial charge in [0.1, 0.15) is 0 Å². The topological polar surface area (TPSA) is 21.1 Å². The molecule has 3 nitrogen and oxygen atoms in total. The van der Waals surface area contributed by atoms with Crippen LogP contribution in [0, 0.1) is 0 Å². The molecule has 86 valence electrons. The van der Waals surface area contributed by atoms with Crippen molar-refractivity contribution < 1.29 is 0 Å². The van der Waals surface area contributed by atoms with E-state index in [0.717, 1.165) is 26.2 Å². The molecule has 3 heteroatoms. The van der Waals surface area contributed by atoms with Crippen LogP contribution >= 0.6 is 0 Å². The van der Waals surface area contributed by atoms with Crippen LogP contribution in [0.25, 0.3) is 0 Å². The van der Waals surface area contributed by atoms with Crippen molar-refractivity contribution in [2.45, 2.75) is 40.2 Å². The van der Waals surface area contributed by atoms with Gasteiger partial charge in [-0.05, 0) is 25.1 Å². The van der Waals surface area contributed by atoms with Gasteiger partial charge in [0.05, 0.1) is 12.2 Å². The van der Waals surface area contributed by atoms with Crippen molar-refractivity contribution in [2.75, 3.05) is 19.6 Å². The summed E-state index contributed by atoms with van der Waals surface area (Å²) in [4.78, 5) is 2.41. The molecule has 0 amide bonds. The number of rotatable bonds is 6. The Labute approximate surface area is 93.1 Å². The van der Waals surface area contributed by atoms with Crippen molar-refractivity contribution in [2.24, 2.45) is 0 Å². The van der Waals surface area contributed by atoms with E-state index in [9.17, 15) is 0 Å². The molecule has 0 aliphatic carbocycles. The lowest BCUT2D eigenvalue weighted by atomic mass is 10.1. The first-order valence-electron chi connectivity index (χ1n) is 5.93. The highest BCUT2D eigenvalue weighted by Crippen LogP contribution is 2.10. The number of likely N-dealkylation sites (N-methyl/N-ethyl adjacent to an activating group) is 1. The van der Waals surface area contributed by atoms with E-state index in [2.05, 4.69) is 50.0 Å². The highest BCUT2D eigenvalue weighted by molar-refractivity contribution is 5.03. The highest BCUT2D eigenvalue weighted by atomic mass is 15.3. The smallest absolute Gasteiger partial charge is 0.0649 e. The van der Waals surface area contributed by atoms with Crippen LogP contribution in [0.1, 0.15) is 39.3 Å². The van der Waals surface area contributed by atoms with Gasteiger partial charge >= 0.3 is 0 Å². The molecule has 1 rings (SSSR count). The zero-order chi connectivity index (χ0) is 11.3. The molecule has 0 radical (unpaired) electrons. The van der Waals surface area contributed by atoms with E-state index >= 15 is 0 Å². The van der Waals surface area contributed by atoms with Gasteiger partial charge in [0, 0.05) is 12.7 Å². The Balaban J connectivity index is 2.43. The first-order valence-corrected chi connectivity index (χ1v) is 5.93. The molecule has 0 aromatic carbocycles. The fourth-order valence-corrected chi connectivity index (χ4v) is 1.59. The molecule has 15 heavy (non-hydrogen) atoms. The minimum absolute atomic E-state index is 0.528. The summed E-state index contributed by atoms with van der Waals surface area (Å²) in [5.41, 5.74) is 1.19. The molecule has 0 spiro atoms. The normalized spacial score (nSPS) is 11.6. The average Bonchev–Trinajstić information content (AvgIpc) is 2.68. The minimum Gasteiger partial charge on any atom is -0.302 e. The maximum atomic E-state index is 4.54. The molecular formula is C12H23N3. The molecule has 0 saturated heterocycles. The number of aromatic nitrogens is 2. The predicted molar refractivity (Wildman–Crippen MR) is 64.1 cm³/mol. The van der Waals surface area contributed by atoms with Crippen LogP contribution < -0.4 is 0 Å². The minimum atomic E-state index is 0.528. The third-order valence-electron chi connectivity index (χ3n) is 2.79. The Morgan fingerprint density at radius 1 is 1.33 bits per heavy atom. The third-order valence-corrected chi connectivity index (χ3v) is 2.79. The van der Waals surface area contributed by atoms with Gasteiger partial charge in [-0.15, -0.1) is 0 Å². The lowest BCUT2D eigenvalue weighted by Crippen LogP contribution is -2.27. The van der Waals surface area contributed by atoms with Crippen molar-refractivity contribution in [1.29, 1.82) is 0 Å². The molecule has 1 aromatic rings. The second-order valence-electron chi connectivity index (χ2n) is 4.19. The summed E-state index contributed by atoms with van der Waals surface area (Å²) in [6.07, 6.45) is 2.08. The molecule has 0 aliphatic rings. The van der Waals surface area contributed by atoms with Gasteiger partial charge in [0.25, 0.3) is 0 Å². The van der Waals surface area contributed by atoms with Gasteiger partial charge in [-0.2, -0.15) is 5.10 Å². The largest absolute Gasteiger partial charge is 0.302 e. The number of hydrogen-bond donors (Lipinski definition) is 0. The van der Waals surface area contributed by atoms with Crippen molar-refractivity contribution in [3.63, 3.8) is 0 Å². The van der Waals surface area contributed by atoms with E-state index in [4.69, 9.17) is 0 Å². The van der Waals surface area contributed by atoms with Crippen molar-refractivity contribution >= 4 is 0 Å². The Morgan fingerprint density at radius 2 is 2.00 bits per heavy atom. The summed E-state index contributed by atoms with van der Waals surface area (Å²) < 4.78 is 2.05. The molecule has 0 aliphatic heterocycles. The summed E-state index contributed by atoms with van der Waals surface area (Å²) in [5.74, 6) is 0.528. The SMILES string of the molecule is CCN(CC)CCn1ccc(C(C)C)n1. The van der Waals surface area contributed by atoms with Gasteiger partial charge in [0.2, 0.25) is 0 Å². The second kappa shape index (κ2) is 5.91. The van der Waals surface area contributed by atoms with E-state index in [1.807, 2.05) is 4.68 Å². The summed E-state index contributed by atoms with van der Waals surface area (Å²) in [5, 5.41) is 4.54. The Kier molecular flexibility index (Phi) is 4.82. The van der Waals surface area contributed by atoms with Crippen molar-refractivity contribution in [3.8, 4) is 0 Å². The van der Waals surface area contributed by atoms with Gasteiger partial charge in [-0.1, -0.05) is 27.7 Å². The second-order valence-corrected chi connectivity index (χ2v) is 4.19. The number of hydrogen-bond acceptors (Lipinski definition) is 2. The molecule has 1 heterocycles. The van der Waals surface area contributed by atoms with Gasteiger partial charge in [-0.3, -0.25) is 4.68 Å². The lowest BCUT2D eigenvalue weighted by Gasteiger charge is -2.17. The quantitative estimate of drug-likeness (QED) is 0.717. The van der Waals surface area contributed by atoms with Crippen LogP contribution in [-0.4, -0.2) is 34.3 Å². The van der Waals surface area contributed by atoms with Gasteiger partial charge in [-0.25, -0.2) is 0 Å². The van der Waals surface area contributed by atoms with E-state index in [-0.39, 0.29) is 0 Å². The van der Waals surface area contributed by atoms with Crippen molar-refractivity contribution in [3.05, 3.63) is 18.0 Å². The van der Waals surface area contributed by atoms with Crippen LogP contribution in [0.5, 0.6) is 0 Å². The lowest BCUT2D eigenvalue weighted by molar-refractivity contribution is 0.285. The predicted octanol–water partition coefficient (Wildman–Crippen LogP) is 2.35. The fourth-order valence-electron chi connectivity index (χ4n) is 1.59. The van der Waals surface area contributed by atoms with E-state index in [1.165, 1.54) is 5.69 Å². The first-order chi connectivity index (χ1) is 7.17. The zero-order valence-electron chi connectivity index (χ0n) is 10.4. The summed E-state index contributed by atoms with van der Waals surface area (Å²) in [6, 6.07) is 2.12. The van der Waals surface area contributed by atoms with Crippen LogP contribution in [0.3, 0.4) is 0 Å². The zero-order valence-corrected chi connectivity index (χ0v) is 10.4. The van der Waals surface area contributed by atoms with E-state index < -0.39 is 0 Å². The van der Waals surface area contributed by atoms with Crippen LogP contribution in [0.2, 0.25) is 0 Å².